The topological polar surface area (TPSA) is 126 Å². The highest BCUT2D eigenvalue weighted by molar-refractivity contribution is 7.89. The van der Waals surface area contributed by atoms with Crippen LogP contribution in [0.4, 0.5) is 0 Å². The molecule has 3 heterocycles. The quantitative estimate of drug-likeness (QED) is 0.497. The largest absolute Gasteiger partial charge is 0.487 e. The molecule has 3 atom stereocenters. The van der Waals surface area contributed by atoms with Crippen molar-refractivity contribution < 1.29 is 23.1 Å². The number of benzene rings is 1. The van der Waals surface area contributed by atoms with Gasteiger partial charge < -0.3 is 14.7 Å². The van der Waals surface area contributed by atoms with Crippen LogP contribution < -0.4 is 4.74 Å². The van der Waals surface area contributed by atoms with Crippen LogP contribution in [0.3, 0.4) is 0 Å². The van der Waals surface area contributed by atoms with E-state index < -0.39 is 22.2 Å². The van der Waals surface area contributed by atoms with Gasteiger partial charge in [-0.1, -0.05) is 13.0 Å². The molecule has 0 bridgehead atoms. The lowest BCUT2D eigenvalue weighted by Crippen LogP contribution is -2.50. The summed E-state index contributed by atoms with van der Waals surface area (Å²) in [6.45, 7) is 3.62. The van der Waals surface area contributed by atoms with Crippen LogP contribution in [0, 0.1) is 5.92 Å². The molecule has 1 aliphatic rings. The highest BCUT2D eigenvalue weighted by atomic mass is 32.2. The molecule has 1 aromatic carbocycles. The van der Waals surface area contributed by atoms with Gasteiger partial charge in [0.15, 0.2) is 0 Å². The summed E-state index contributed by atoms with van der Waals surface area (Å²) >= 11 is 0. The number of rotatable bonds is 7. The standard InChI is InChI=1S/C26H31N5O5S/c1-18-14-31(19(2)16-32)37(34,35)25-5-4-21(22-12-28-17-29-13-22)11-23(25)36-24(18)15-30(3)26(33)10-20-6-8-27-9-7-20/h4-9,11-13,17-19,24,32H,10,14-16H2,1-3H3/t18-,19+,24+/m0/s1. The van der Waals surface area contributed by atoms with E-state index in [2.05, 4.69) is 15.0 Å². The average molecular weight is 526 g/mol. The lowest BCUT2D eigenvalue weighted by Gasteiger charge is -2.37. The number of nitrogens with zero attached hydrogens (tertiary/aromatic N) is 5. The Morgan fingerprint density at radius 2 is 1.86 bits per heavy atom. The molecular formula is C26H31N5O5S. The van der Waals surface area contributed by atoms with E-state index in [0.717, 1.165) is 5.56 Å². The number of sulfonamides is 1. The van der Waals surface area contributed by atoms with Crippen LogP contribution in [0.15, 0.2) is 66.3 Å². The Morgan fingerprint density at radius 3 is 2.54 bits per heavy atom. The van der Waals surface area contributed by atoms with E-state index in [1.54, 1.807) is 67.9 Å². The molecule has 196 valence electrons. The van der Waals surface area contributed by atoms with Gasteiger partial charge in [-0.25, -0.2) is 18.4 Å². The monoisotopic (exact) mass is 525 g/mol. The van der Waals surface area contributed by atoms with Crippen LogP contribution in [-0.2, 0) is 21.2 Å². The number of likely N-dealkylation sites (N-methyl/N-ethyl adjacent to an activating group) is 1. The molecule has 0 saturated heterocycles. The minimum Gasteiger partial charge on any atom is -0.487 e. The first-order valence-corrected chi connectivity index (χ1v) is 13.5. The number of carbonyl (C=O) groups excluding carboxylic acids is 1. The Hall–Kier alpha value is -3.41. The molecular weight excluding hydrogens is 494 g/mol. The number of aliphatic hydroxyl groups excluding tert-OH is 1. The Kier molecular flexibility index (Phi) is 8.16. The van der Waals surface area contributed by atoms with E-state index in [9.17, 15) is 18.3 Å². The summed E-state index contributed by atoms with van der Waals surface area (Å²) in [6.07, 6.45) is 7.70. The van der Waals surface area contributed by atoms with Gasteiger partial charge in [-0.15, -0.1) is 0 Å². The number of pyridine rings is 1. The zero-order valence-corrected chi connectivity index (χ0v) is 21.9. The van der Waals surface area contributed by atoms with Gasteiger partial charge in [0.25, 0.3) is 0 Å². The van der Waals surface area contributed by atoms with Crippen molar-refractivity contribution in [3.63, 3.8) is 0 Å². The van der Waals surface area contributed by atoms with E-state index in [4.69, 9.17) is 4.74 Å². The average Bonchev–Trinajstić information content (AvgIpc) is 2.91. The molecule has 11 heteroatoms. The first-order chi connectivity index (χ1) is 17.7. The van der Waals surface area contributed by atoms with Gasteiger partial charge in [-0.2, -0.15) is 4.31 Å². The SMILES string of the molecule is C[C@H](CO)N1C[C@H](C)[C@@H](CN(C)C(=O)Cc2ccncc2)Oc2cc(-c3cncnc3)ccc2S1(=O)=O. The third-order valence-corrected chi connectivity index (χ3v) is 8.56. The third kappa shape index (κ3) is 5.95. The third-order valence-electron chi connectivity index (χ3n) is 6.55. The van der Waals surface area contributed by atoms with E-state index in [1.807, 2.05) is 6.92 Å². The number of ether oxygens (including phenoxy) is 1. The van der Waals surface area contributed by atoms with Crippen molar-refractivity contribution in [3.8, 4) is 16.9 Å². The number of aromatic nitrogens is 3. The fourth-order valence-electron chi connectivity index (χ4n) is 4.25. The summed E-state index contributed by atoms with van der Waals surface area (Å²) in [6, 6.07) is 7.82. The molecule has 1 N–H and O–H groups in total. The Bertz CT molecular complexity index is 1320. The Labute approximate surface area is 217 Å². The maximum absolute atomic E-state index is 13.7. The molecule has 1 aliphatic heterocycles. The zero-order valence-electron chi connectivity index (χ0n) is 21.1. The second-order valence-electron chi connectivity index (χ2n) is 9.34. The second kappa shape index (κ2) is 11.3. The number of hydrogen-bond acceptors (Lipinski definition) is 8. The van der Waals surface area contributed by atoms with E-state index in [-0.39, 0.29) is 48.6 Å². The van der Waals surface area contributed by atoms with Crippen LogP contribution in [0.2, 0.25) is 0 Å². The summed E-state index contributed by atoms with van der Waals surface area (Å²) in [7, 11) is -2.25. The summed E-state index contributed by atoms with van der Waals surface area (Å²) in [4.78, 5) is 26.6. The summed E-state index contributed by atoms with van der Waals surface area (Å²) in [5.41, 5.74) is 2.26. The molecule has 0 fully saturated rings. The van der Waals surface area contributed by atoms with Gasteiger partial charge >= 0.3 is 0 Å². The molecule has 37 heavy (non-hydrogen) atoms. The second-order valence-corrected chi connectivity index (χ2v) is 11.2. The molecule has 2 aromatic heterocycles. The number of amides is 1. The number of hydrogen-bond donors (Lipinski definition) is 1. The molecule has 0 radical (unpaired) electrons. The molecule has 0 aliphatic carbocycles. The molecule has 3 aromatic rings. The zero-order chi connectivity index (χ0) is 26.6. The van der Waals surface area contributed by atoms with Crippen LogP contribution in [-0.4, -0.2) is 82.5 Å². The van der Waals surface area contributed by atoms with E-state index in [1.165, 1.54) is 16.7 Å². The lowest BCUT2D eigenvalue weighted by atomic mass is 10.0. The Morgan fingerprint density at radius 1 is 1.16 bits per heavy atom. The van der Waals surface area contributed by atoms with Gasteiger partial charge in [0.2, 0.25) is 15.9 Å². The first-order valence-electron chi connectivity index (χ1n) is 12.0. The molecule has 4 rings (SSSR count). The van der Waals surface area contributed by atoms with Crippen molar-refractivity contribution in [3.05, 3.63) is 67.0 Å². The molecule has 0 unspecified atom stereocenters. The van der Waals surface area contributed by atoms with Gasteiger partial charge in [0, 0.05) is 55.9 Å². The van der Waals surface area contributed by atoms with Crippen molar-refractivity contribution in [2.75, 3.05) is 26.7 Å². The van der Waals surface area contributed by atoms with Gasteiger partial charge in [0.1, 0.15) is 23.1 Å². The minimum absolute atomic E-state index is 0.0102. The normalized spacial score (nSPS) is 20.1. The predicted molar refractivity (Wildman–Crippen MR) is 137 cm³/mol. The lowest BCUT2D eigenvalue weighted by molar-refractivity contribution is -0.130. The first kappa shape index (κ1) is 26.6. The van der Waals surface area contributed by atoms with Crippen molar-refractivity contribution in [2.45, 2.75) is 37.3 Å². The number of carbonyl (C=O) groups is 1. The molecule has 1 amide bonds. The van der Waals surface area contributed by atoms with Gasteiger partial charge in [-0.3, -0.25) is 9.78 Å². The number of fused-ring (bicyclic) bond motifs is 1. The van der Waals surface area contributed by atoms with Crippen molar-refractivity contribution >= 4 is 15.9 Å². The highest BCUT2D eigenvalue weighted by Crippen LogP contribution is 2.36. The highest BCUT2D eigenvalue weighted by Gasteiger charge is 2.38. The molecule has 0 spiro atoms. The van der Waals surface area contributed by atoms with Crippen LogP contribution >= 0.6 is 0 Å². The minimum atomic E-state index is -3.96. The van der Waals surface area contributed by atoms with Crippen molar-refractivity contribution in [2.24, 2.45) is 5.92 Å². The molecule has 10 nitrogen and oxygen atoms in total. The summed E-state index contributed by atoms with van der Waals surface area (Å²) in [5, 5.41) is 9.82. The van der Waals surface area contributed by atoms with Crippen LogP contribution in [0.25, 0.3) is 11.1 Å². The molecule has 0 saturated carbocycles. The maximum Gasteiger partial charge on any atom is 0.247 e. The van der Waals surface area contributed by atoms with Gasteiger partial charge in [0.05, 0.1) is 19.6 Å². The smallest absolute Gasteiger partial charge is 0.247 e. The predicted octanol–water partition coefficient (Wildman–Crippen LogP) is 2.01. The number of aliphatic hydroxyl groups is 1. The van der Waals surface area contributed by atoms with Crippen LogP contribution in [0.5, 0.6) is 5.75 Å². The van der Waals surface area contributed by atoms with Crippen LogP contribution in [0.1, 0.15) is 19.4 Å². The summed E-state index contributed by atoms with van der Waals surface area (Å²) < 4.78 is 35.0. The maximum atomic E-state index is 13.7. The van der Waals surface area contributed by atoms with Gasteiger partial charge in [-0.05, 0) is 42.3 Å². The van der Waals surface area contributed by atoms with E-state index >= 15 is 0 Å². The van der Waals surface area contributed by atoms with Crippen molar-refractivity contribution in [1.29, 1.82) is 0 Å². The Balaban J connectivity index is 1.69. The fraction of sp³-hybridized carbons (Fsp3) is 0.385. The fourth-order valence-corrected chi connectivity index (χ4v) is 6.08. The van der Waals surface area contributed by atoms with E-state index in [0.29, 0.717) is 11.1 Å². The van der Waals surface area contributed by atoms with Crippen molar-refractivity contribution in [1.82, 2.24) is 24.2 Å². The summed E-state index contributed by atoms with van der Waals surface area (Å²) in [5.74, 6) is -0.187.